The van der Waals surface area contributed by atoms with Crippen LogP contribution < -0.4 is 20.9 Å². The van der Waals surface area contributed by atoms with Crippen molar-refractivity contribution in [1.82, 2.24) is 29.9 Å². The molecule has 0 spiro atoms. The molecule has 10 nitrogen and oxygen atoms in total. The Kier molecular flexibility index (Phi) is 6.57. The fourth-order valence-corrected chi connectivity index (χ4v) is 6.26. The van der Waals surface area contributed by atoms with E-state index in [2.05, 4.69) is 35.7 Å². The number of amides is 1. The Morgan fingerprint density at radius 2 is 1.85 bits per heavy atom. The lowest BCUT2D eigenvalue weighted by Gasteiger charge is -2.42. The number of hydrogen-bond acceptors (Lipinski definition) is 8. The minimum atomic E-state index is -0.644. The first kappa shape index (κ1) is 25.9. The van der Waals surface area contributed by atoms with Crippen molar-refractivity contribution in [1.29, 1.82) is 0 Å². The molecule has 7 rings (SSSR count). The fraction of sp³-hybridized carbons (Fsp3) is 0.367. The first-order chi connectivity index (χ1) is 20.0. The van der Waals surface area contributed by atoms with E-state index in [9.17, 15) is 14.3 Å². The Morgan fingerprint density at radius 3 is 2.63 bits per heavy atom. The van der Waals surface area contributed by atoms with Gasteiger partial charge in [0.25, 0.3) is 5.91 Å². The van der Waals surface area contributed by atoms with E-state index in [1.54, 1.807) is 12.4 Å². The maximum absolute atomic E-state index is 13.7. The van der Waals surface area contributed by atoms with Gasteiger partial charge in [0.15, 0.2) is 0 Å². The molecule has 212 valence electrons. The quantitative estimate of drug-likeness (QED) is 0.287. The molecule has 6 heterocycles. The van der Waals surface area contributed by atoms with Crippen LogP contribution in [0.3, 0.4) is 0 Å². The number of piperazine rings is 1. The molecule has 3 aromatic heterocycles. The summed E-state index contributed by atoms with van der Waals surface area (Å²) < 4.78 is 15.5. The molecular formula is C30H33FN8O2. The zero-order chi connectivity index (χ0) is 28.0. The highest BCUT2D eigenvalue weighted by Gasteiger charge is 2.34. The van der Waals surface area contributed by atoms with Gasteiger partial charge in [-0.25, -0.2) is 14.4 Å². The molecule has 0 radical (unpaired) electrons. The van der Waals surface area contributed by atoms with Crippen LogP contribution in [0.2, 0.25) is 0 Å². The molecule has 1 amide bonds. The van der Waals surface area contributed by atoms with E-state index in [1.807, 2.05) is 34.9 Å². The van der Waals surface area contributed by atoms with Gasteiger partial charge in [-0.15, -0.1) is 0 Å². The van der Waals surface area contributed by atoms with Gasteiger partial charge in [0, 0.05) is 70.2 Å². The van der Waals surface area contributed by atoms with E-state index < -0.39 is 5.60 Å². The maximum atomic E-state index is 13.7. The van der Waals surface area contributed by atoms with Gasteiger partial charge in [-0.3, -0.25) is 14.1 Å². The summed E-state index contributed by atoms with van der Waals surface area (Å²) in [4.78, 5) is 26.5. The first-order valence-corrected chi connectivity index (χ1v) is 14.2. The first-order valence-electron chi connectivity index (χ1n) is 14.2. The Labute approximate surface area is 237 Å². The molecule has 1 aromatic carbocycles. The second-order valence-corrected chi connectivity index (χ2v) is 11.2. The number of nitrogens with one attached hydrogen (secondary N) is 3. The van der Waals surface area contributed by atoms with E-state index in [-0.39, 0.29) is 11.7 Å². The van der Waals surface area contributed by atoms with Crippen molar-refractivity contribution in [2.24, 2.45) is 0 Å². The number of halogens is 1. The van der Waals surface area contributed by atoms with Gasteiger partial charge in [0.2, 0.25) is 0 Å². The van der Waals surface area contributed by atoms with Crippen LogP contribution in [0.1, 0.15) is 28.8 Å². The Bertz CT molecular complexity index is 1590. The van der Waals surface area contributed by atoms with Gasteiger partial charge in [-0.1, -0.05) is 6.07 Å². The number of β-amino-alcohol motifs (C(OH)–C–C–N with tert-alkyl or cyclic N) is 1. The molecule has 0 unspecified atom stereocenters. The van der Waals surface area contributed by atoms with Crippen molar-refractivity contribution < 1.29 is 14.3 Å². The lowest BCUT2D eigenvalue weighted by molar-refractivity contribution is -0.0186. The van der Waals surface area contributed by atoms with Crippen molar-refractivity contribution >= 4 is 28.7 Å². The largest absolute Gasteiger partial charge is 0.388 e. The summed E-state index contributed by atoms with van der Waals surface area (Å²) in [5.41, 5.74) is 4.66. The summed E-state index contributed by atoms with van der Waals surface area (Å²) in [6.07, 6.45) is 6.65. The summed E-state index contributed by atoms with van der Waals surface area (Å²) in [6, 6.07) is 10.6. The topological polar surface area (TPSA) is 110 Å². The van der Waals surface area contributed by atoms with Crippen LogP contribution in [0, 0.1) is 5.82 Å². The van der Waals surface area contributed by atoms with Gasteiger partial charge < -0.3 is 26.0 Å². The number of fused-ring (bicyclic) bond motifs is 2. The lowest BCUT2D eigenvalue weighted by atomic mass is 9.90. The average Bonchev–Trinajstić information content (AvgIpc) is 3.58. The predicted octanol–water partition coefficient (Wildman–Crippen LogP) is 2.76. The van der Waals surface area contributed by atoms with Crippen molar-refractivity contribution in [3.05, 3.63) is 71.9 Å². The molecule has 4 N–H and O–H groups in total. The molecule has 0 saturated carbocycles. The number of hydrogen-bond donors (Lipinski definition) is 4. The molecule has 3 aliphatic rings. The summed E-state index contributed by atoms with van der Waals surface area (Å²) in [5, 5.41) is 20.8. The SMILES string of the molecule is O=C1NCc2c(-c3cnc4cc(F)ccn34)ccc(Nc3ccc(N4CCC(O)(CN5CCNCC5)CC4)cn3)c21. The van der Waals surface area contributed by atoms with Gasteiger partial charge in [0.05, 0.1) is 40.6 Å². The van der Waals surface area contributed by atoms with E-state index in [0.29, 0.717) is 29.3 Å². The van der Waals surface area contributed by atoms with Crippen molar-refractivity contribution in [2.45, 2.75) is 25.0 Å². The predicted molar refractivity (Wildman–Crippen MR) is 155 cm³/mol. The van der Waals surface area contributed by atoms with Crippen LogP contribution in [-0.4, -0.2) is 81.7 Å². The molecular weight excluding hydrogens is 523 g/mol. The number of carbonyl (C=O) groups excluding carboxylic acids is 1. The molecule has 0 atom stereocenters. The maximum Gasteiger partial charge on any atom is 0.254 e. The highest BCUT2D eigenvalue weighted by molar-refractivity contribution is 6.06. The van der Waals surface area contributed by atoms with Gasteiger partial charge in [-0.05, 0) is 42.7 Å². The van der Waals surface area contributed by atoms with Gasteiger partial charge >= 0.3 is 0 Å². The number of imidazole rings is 1. The van der Waals surface area contributed by atoms with Crippen LogP contribution in [0.25, 0.3) is 16.9 Å². The van der Waals surface area contributed by atoms with Gasteiger partial charge in [-0.2, -0.15) is 0 Å². The summed E-state index contributed by atoms with van der Waals surface area (Å²) in [5.74, 6) is 0.144. The van der Waals surface area contributed by atoms with Crippen LogP contribution >= 0.6 is 0 Å². The summed E-state index contributed by atoms with van der Waals surface area (Å²) >= 11 is 0. The normalized spacial score (nSPS) is 18.9. The summed E-state index contributed by atoms with van der Waals surface area (Å²) in [6.45, 7) is 6.63. The summed E-state index contributed by atoms with van der Waals surface area (Å²) in [7, 11) is 0. The highest BCUT2D eigenvalue weighted by atomic mass is 19.1. The smallest absolute Gasteiger partial charge is 0.254 e. The number of anilines is 3. The lowest BCUT2D eigenvalue weighted by Crippen LogP contribution is -2.54. The molecule has 0 bridgehead atoms. The Morgan fingerprint density at radius 1 is 1.02 bits per heavy atom. The van der Waals surface area contributed by atoms with E-state index in [4.69, 9.17) is 0 Å². The number of benzene rings is 1. The number of nitrogens with zero attached hydrogens (tertiary/aromatic N) is 5. The monoisotopic (exact) mass is 556 g/mol. The van der Waals surface area contributed by atoms with Crippen LogP contribution in [0.15, 0.2) is 55.0 Å². The number of rotatable bonds is 6. The van der Waals surface area contributed by atoms with E-state index >= 15 is 0 Å². The minimum absolute atomic E-state index is 0.151. The zero-order valence-corrected chi connectivity index (χ0v) is 22.7. The number of aromatic nitrogens is 3. The van der Waals surface area contributed by atoms with Crippen LogP contribution in [0.4, 0.5) is 21.6 Å². The zero-order valence-electron chi connectivity index (χ0n) is 22.7. The average molecular weight is 557 g/mol. The fourth-order valence-electron chi connectivity index (χ4n) is 6.26. The van der Waals surface area contributed by atoms with E-state index in [0.717, 1.165) is 81.2 Å². The molecule has 0 aliphatic carbocycles. The van der Waals surface area contributed by atoms with Gasteiger partial charge in [0.1, 0.15) is 17.3 Å². The molecule has 3 aliphatic heterocycles. The van der Waals surface area contributed by atoms with Crippen molar-refractivity contribution in [2.75, 3.05) is 56.0 Å². The van der Waals surface area contributed by atoms with E-state index in [1.165, 1.54) is 12.1 Å². The molecule has 2 fully saturated rings. The second-order valence-electron chi connectivity index (χ2n) is 11.2. The molecule has 41 heavy (non-hydrogen) atoms. The molecule has 4 aromatic rings. The molecule has 11 heteroatoms. The number of aliphatic hydroxyl groups is 1. The minimum Gasteiger partial charge on any atom is -0.388 e. The van der Waals surface area contributed by atoms with Crippen molar-refractivity contribution in [3.8, 4) is 11.3 Å². The third-order valence-electron chi connectivity index (χ3n) is 8.51. The van der Waals surface area contributed by atoms with Crippen LogP contribution in [-0.2, 0) is 6.54 Å². The highest BCUT2D eigenvalue weighted by Crippen LogP contribution is 2.36. The second kappa shape index (κ2) is 10.4. The number of carbonyl (C=O) groups is 1. The Hall–Kier alpha value is -4.06. The third-order valence-corrected chi connectivity index (χ3v) is 8.51. The molecule has 2 saturated heterocycles. The number of pyridine rings is 2. The third kappa shape index (κ3) is 5.01. The Balaban J connectivity index is 1.06. The van der Waals surface area contributed by atoms with Crippen LogP contribution in [0.5, 0.6) is 0 Å². The van der Waals surface area contributed by atoms with Crippen molar-refractivity contribution in [3.63, 3.8) is 0 Å². The standard InChI is InChI=1S/C30H33FN8O2/c31-20-5-10-39-25(18-34-27(39)15-20)22-2-3-24(28-23(22)17-35-29(28)40)36-26-4-1-21(16-33-26)38-11-6-30(41,7-12-38)19-37-13-8-32-9-14-37/h1-5,10,15-16,18,32,41H,6-9,11-14,17,19H2,(H,33,36)(H,35,40). The number of piperidine rings is 1.